The molecule has 15 heavy (non-hydrogen) atoms. The molecule has 0 atom stereocenters. The monoisotopic (exact) mass is 221 g/mol. The first-order chi connectivity index (χ1) is 7.25. The van der Waals surface area contributed by atoms with Gasteiger partial charge in [0, 0.05) is 22.9 Å². The summed E-state index contributed by atoms with van der Waals surface area (Å²) in [6, 6.07) is 4.62. The minimum atomic E-state index is -0.250. The normalized spacial score (nSPS) is 15.9. The molecule has 1 aliphatic rings. The zero-order valence-electron chi connectivity index (χ0n) is 8.00. The molecule has 0 saturated heterocycles. The molecule has 1 heterocycles. The van der Waals surface area contributed by atoms with Gasteiger partial charge in [-0.05, 0) is 31.0 Å². The maximum atomic E-state index is 13.0. The summed E-state index contributed by atoms with van der Waals surface area (Å²) in [7, 11) is 0. The van der Waals surface area contributed by atoms with Crippen LogP contribution in [0.1, 0.15) is 24.5 Å². The number of hydrogen-bond acceptors (Lipinski definition) is 1. The molecule has 1 aromatic heterocycles. The molecule has 3 heteroatoms. The minimum absolute atomic E-state index is 0.250. The number of benzene rings is 1. The van der Waals surface area contributed by atoms with Crippen molar-refractivity contribution in [2.75, 3.05) is 0 Å². The highest BCUT2D eigenvalue weighted by Crippen LogP contribution is 2.43. The Morgan fingerprint density at radius 3 is 2.87 bits per heavy atom. The van der Waals surface area contributed by atoms with E-state index in [9.17, 15) is 4.39 Å². The van der Waals surface area contributed by atoms with Gasteiger partial charge in [0.2, 0.25) is 0 Å². The van der Waals surface area contributed by atoms with Crippen LogP contribution in [-0.4, -0.2) is 4.98 Å². The van der Waals surface area contributed by atoms with Gasteiger partial charge in [-0.2, -0.15) is 0 Å². The van der Waals surface area contributed by atoms with E-state index in [1.54, 1.807) is 12.3 Å². The van der Waals surface area contributed by atoms with Gasteiger partial charge in [-0.15, -0.1) is 0 Å². The lowest BCUT2D eigenvalue weighted by atomic mass is 10.1. The van der Waals surface area contributed by atoms with Crippen molar-refractivity contribution in [3.05, 3.63) is 40.9 Å². The third-order valence-corrected chi connectivity index (χ3v) is 3.18. The van der Waals surface area contributed by atoms with Gasteiger partial charge in [-0.25, -0.2) is 4.39 Å². The van der Waals surface area contributed by atoms with Crippen molar-refractivity contribution in [2.24, 2.45) is 0 Å². The van der Waals surface area contributed by atoms with E-state index in [-0.39, 0.29) is 5.82 Å². The second-order valence-corrected chi connectivity index (χ2v) is 4.34. The number of pyridine rings is 1. The second-order valence-electron chi connectivity index (χ2n) is 3.96. The van der Waals surface area contributed by atoms with Crippen molar-refractivity contribution >= 4 is 22.4 Å². The van der Waals surface area contributed by atoms with Crippen molar-refractivity contribution in [1.82, 2.24) is 4.98 Å². The first kappa shape index (κ1) is 9.10. The molecule has 2 aromatic rings. The first-order valence-corrected chi connectivity index (χ1v) is 5.37. The van der Waals surface area contributed by atoms with E-state index in [0.717, 1.165) is 16.5 Å². The number of aromatic nitrogens is 1. The summed E-state index contributed by atoms with van der Waals surface area (Å²) >= 11 is 6.24. The van der Waals surface area contributed by atoms with Crippen molar-refractivity contribution in [3.63, 3.8) is 0 Å². The van der Waals surface area contributed by atoms with Crippen molar-refractivity contribution in [2.45, 2.75) is 18.8 Å². The SMILES string of the molecule is Fc1ccc2c(Cl)c(C3CC3)ncc2c1. The van der Waals surface area contributed by atoms with Crippen LogP contribution in [0.5, 0.6) is 0 Å². The quantitative estimate of drug-likeness (QED) is 0.712. The summed E-state index contributed by atoms with van der Waals surface area (Å²) in [5.41, 5.74) is 0.968. The van der Waals surface area contributed by atoms with Crippen LogP contribution in [-0.2, 0) is 0 Å². The molecule has 1 saturated carbocycles. The van der Waals surface area contributed by atoms with Gasteiger partial charge in [0.1, 0.15) is 5.82 Å². The summed E-state index contributed by atoms with van der Waals surface area (Å²) in [5.74, 6) is 0.270. The van der Waals surface area contributed by atoms with Gasteiger partial charge in [-0.3, -0.25) is 4.98 Å². The molecular weight excluding hydrogens is 213 g/mol. The lowest BCUT2D eigenvalue weighted by Gasteiger charge is -2.05. The van der Waals surface area contributed by atoms with E-state index in [1.165, 1.54) is 25.0 Å². The molecule has 0 unspecified atom stereocenters. The highest BCUT2D eigenvalue weighted by atomic mass is 35.5. The van der Waals surface area contributed by atoms with Crippen molar-refractivity contribution < 1.29 is 4.39 Å². The van der Waals surface area contributed by atoms with Crippen molar-refractivity contribution in [1.29, 1.82) is 0 Å². The molecule has 76 valence electrons. The molecular formula is C12H9ClFN. The van der Waals surface area contributed by atoms with E-state index >= 15 is 0 Å². The molecule has 0 amide bonds. The first-order valence-electron chi connectivity index (χ1n) is 4.99. The number of halogens is 2. The zero-order chi connectivity index (χ0) is 10.4. The number of nitrogens with zero attached hydrogens (tertiary/aromatic N) is 1. The molecule has 0 aliphatic heterocycles. The molecule has 0 radical (unpaired) electrons. The Labute approximate surface area is 91.9 Å². The van der Waals surface area contributed by atoms with E-state index in [4.69, 9.17) is 11.6 Å². The topological polar surface area (TPSA) is 12.9 Å². The van der Waals surface area contributed by atoms with Gasteiger partial charge in [0.25, 0.3) is 0 Å². The van der Waals surface area contributed by atoms with E-state index in [0.29, 0.717) is 10.9 Å². The fourth-order valence-corrected chi connectivity index (χ4v) is 2.19. The largest absolute Gasteiger partial charge is 0.259 e. The number of hydrogen-bond donors (Lipinski definition) is 0. The molecule has 1 nitrogen and oxygen atoms in total. The highest BCUT2D eigenvalue weighted by molar-refractivity contribution is 6.36. The van der Waals surface area contributed by atoms with Gasteiger partial charge in [0.15, 0.2) is 0 Å². The maximum Gasteiger partial charge on any atom is 0.123 e. The lowest BCUT2D eigenvalue weighted by Crippen LogP contribution is -1.89. The van der Waals surface area contributed by atoms with Gasteiger partial charge < -0.3 is 0 Å². The molecule has 0 N–H and O–H groups in total. The van der Waals surface area contributed by atoms with Gasteiger partial charge in [-0.1, -0.05) is 11.6 Å². The summed E-state index contributed by atoms with van der Waals surface area (Å²) < 4.78 is 13.0. The Kier molecular flexibility index (Phi) is 1.93. The Hall–Kier alpha value is -1.15. The van der Waals surface area contributed by atoms with Crippen LogP contribution in [0.3, 0.4) is 0 Å². The van der Waals surface area contributed by atoms with Crippen LogP contribution in [0.4, 0.5) is 4.39 Å². The Morgan fingerprint density at radius 2 is 2.13 bits per heavy atom. The molecule has 0 bridgehead atoms. The fraction of sp³-hybridized carbons (Fsp3) is 0.250. The molecule has 1 fully saturated rings. The lowest BCUT2D eigenvalue weighted by molar-refractivity contribution is 0.629. The predicted molar refractivity (Wildman–Crippen MR) is 58.7 cm³/mol. The van der Waals surface area contributed by atoms with Gasteiger partial charge >= 0.3 is 0 Å². The van der Waals surface area contributed by atoms with Gasteiger partial charge in [0.05, 0.1) is 10.7 Å². The Morgan fingerprint density at radius 1 is 1.33 bits per heavy atom. The fourth-order valence-electron chi connectivity index (χ4n) is 1.82. The number of fused-ring (bicyclic) bond motifs is 1. The van der Waals surface area contributed by atoms with Crippen LogP contribution in [0.15, 0.2) is 24.4 Å². The highest BCUT2D eigenvalue weighted by Gasteiger charge is 2.27. The van der Waals surface area contributed by atoms with Crippen molar-refractivity contribution in [3.8, 4) is 0 Å². The average molecular weight is 222 g/mol. The number of rotatable bonds is 1. The van der Waals surface area contributed by atoms with Crippen LogP contribution < -0.4 is 0 Å². The van der Waals surface area contributed by atoms with Crippen LogP contribution in [0, 0.1) is 5.82 Å². The zero-order valence-corrected chi connectivity index (χ0v) is 8.76. The summed E-state index contributed by atoms with van der Waals surface area (Å²) in [6.45, 7) is 0. The van der Waals surface area contributed by atoms with E-state index in [2.05, 4.69) is 4.98 Å². The molecule has 0 spiro atoms. The van der Waals surface area contributed by atoms with E-state index < -0.39 is 0 Å². The smallest absolute Gasteiger partial charge is 0.123 e. The summed E-state index contributed by atoms with van der Waals surface area (Å²) in [4.78, 5) is 4.31. The minimum Gasteiger partial charge on any atom is -0.259 e. The van der Waals surface area contributed by atoms with Crippen LogP contribution in [0.25, 0.3) is 10.8 Å². The summed E-state index contributed by atoms with van der Waals surface area (Å²) in [6.07, 6.45) is 4.04. The summed E-state index contributed by atoms with van der Waals surface area (Å²) in [5, 5.41) is 2.36. The molecule has 1 aromatic carbocycles. The Balaban J connectivity index is 2.27. The molecule has 3 rings (SSSR count). The molecule has 1 aliphatic carbocycles. The van der Waals surface area contributed by atoms with Crippen LogP contribution in [0.2, 0.25) is 5.02 Å². The van der Waals surface area contributed by atoms with E-state index in [1.807, 2.05) is 0 Å². The average Bonchev–Trinajstić information content (AvgIpc) is 3.01. The predicted octanol–water partition coefficient (Wildman–Crippen LogP) is 3.90. The maximum absolute atomic E-state index is 13.0. The third-order valence-electron chi connectivity index (χ3n) is 2.78. The Bertz CT molecular complexity index is 534. The second kappa shape index (κ2) is 3.17. The van der Waals surface area contributed by atoms with Crippen LogP contribution >= 0.6 is 11.6 Å². The standard InChI is InChI=1S/C12H9ClFN/c13-11-10-4-3-9(14)5-8(10)6-15-12(11)7-1-2-7/h3-7H,1-2H2. The third kappa shape index (κ3) is 1.49.